The number of benzene rings is 3. The minimum atomic E-state index is -0.115. The van der Waals surface area contributed by atoms with Gasteiger partial charge in [0, 0.05) is 17.8 Å². The summed E-state index contributed by atoms with van der Waals surface area (Å²) >= 11 is 5.79. The average molecular weight is 472 g/mol. The van der Waals surface area contributed by atoms with Gasteiger partial charge in [0.2, 0.25) is 6.79 Å². The van der Waals surface area contributed by atoms with Crippen LogP contribution in [0.25, 0.3) is 10.9 Å². The van der Waals surface area contributed by atoms with Gasteiger partial charge in [0.1, 0.15) is 0 Å². The van der Waals surface area contributed by atoms with Gasteiger partial charge in [-0.2, -0.15) is 0 Å². The Morgan fingerprint density at radius 1 is 1.00 bits per heavy atom. The van der Waals surface area contributed by atoms with Crippen molar-refractivity contribution >= 4 is 33.9 Å². The molecule has 0 saturated carbocycles. The SMILES string of the molecule is Cc1ccc(NC(=S)N(Cc2ccc3c(c2)OCO3)Cc2cc3cccc(C)c3[nH]c2=O)cc1. The number of fused-ring (bicyclic) bond motifs is 2. The van der Waals surface area contributed by atoms with E-state index >= 15 is 0 Å². The van der Waals surface area contributed by atoms with E-state index in [1.54, 1.807) is 0 Å². The van der Waals surface area contributed by atoms with Crippen LogP contribution in [-0.2, 0) is 13.1 Å². The molecule has 4 aromatic rings. The molecule has 0 fully saturated rings. The molecule has 0 spiro atoms. The van der Waals surface area contributed by atoms with Crippen LogP contribution in [0.15, 0.2) is 71.5 Å². The number of pyridine rings is 1. The standard InChI is InChI=1S/C27H25N3O3S/c1-17-6-9-22(10-7-17)28-27(34)30(14-19-8-11-23-24(12-19)33-16-32-23)15-21-13-20-5-3-4-18(2)25(20)29-26(21)31/h3-13H,14-16H2,1-2H3,(H,28,34)(H,29,31). The number of aryl methyl sites for hydroxylation is 2. The summed E-state index contributed by atoms with van der Waals surface area (Å²) in [7, 11) is 0. The first-order valence-electron chi connectivity index (χ1n) is 11.1. The van der Waals surface area contributed by atoms with E-state index < -0.39 is 0 Å². The summed E-state index contributed by atoms with van der Waals surface area (Å²) in [4.78, 5) is 18.0. The molecule has 172 valence electrons. The molecular weight excluding hydrogens is 446 g/mol. The van der Waals surface area contributed by atoms with Crippen LogP contribution >= 0.6 is 12.2 Å². The van der Waals surface area contributed by atoms with Crippen LogP contribution in [0.1, 0.15) is 22.3 Å². The Morgan fingerprint density at radius 3 is 2.62 bits per heavy atom. The molecule has 0 radical (unpaired) electrons. The Hall–Kier alpha value is -3.84. The van der Waals surface area contributed by atoms with Gasteiger partial charge in [-0.05, 0) is 72.9 Å². The molecule has 0 unspecified atom stereocenters. The molecule has 1 aliphatic rings. The van der Waals surface area contributed by atoms with Crippen LogP contribution in [0.5, 0.6) is 11.5 Å². The van der Waals surface area contributed by atoms with E-state index in [0.717, 1.165) is 33.5 Å². The van der Waals surface area contributed by atoms with Gasteiger partial charge in [0.25, 0.3) is 5.56 Å². The molecule has 0 amide bonds. The maximum absolute atomic E-state index is 13.0. The summed E-state index contributed by atoms with van der Waals surface area (Å²) in [5.41, 5.74) is 5.50. The van der Waals surface area contributed by atoms with Crippen molar-refractivity contribution in [3.63, 3.8) is 0 Å². The second-order valence-corrected chi connectivity index (χ2v) is 8.89. The lowest BCUT2D eigenvalue weighted by molar-refractivity contribution is 0.174. The molecule has 1 aliphatic heterocycles. The summed E-state index contributed by atoms with van der Waals surface area (Å²) in [5, 5.41) is 4.85. The molecule has 2 N–H and O–H groups in total. The Bertz CT molecular complexity index is 1430. The molecular formula is C27H25N3O3S. The van der Waals surface area contributed by atoms with Crippen molar-refractivity contribution in [3.8, 4) is 11.5 Å². The van der Waals surface area contributed by atoms with Crippen molar-refractivity contribution < 1.29 is 9.47 Å². The number of nitrogens with one attached hydrogen (secondary N) is 2. The number of ether oxygens (including phenoxy) is 2. The lowest BCUT2D eigenvalue weighted by atomic mass is 10.1. The van der Waals surface area contributed by atoms with E-state index in [0.29, 0.717) is 29.5 Å². The second-order valence-electron chi connectivity index (χ2n) is 8.50. The molecule has 6 nitrogen and oxygen atoms in total. The Morgan fingerprint density at radius 2 is 1.79 bits per heavy atom. The van der Waals surface area contributed by atoms with Gasteiger partial charge in [-0.15, -0.1) is 0 Å². The molecule has 0 saturated heterocycles. The number of H-pyrrole nitrogens is 1. The Kier molecular flexibility index (Phi) is 5.94. The number of anilines is 1. The highest BCUT2D eigenvalue weighted by atomic mass is 32.1. The van der Waals surface area contributed by atoms with E-state index in [4.69, 9.17) is 21.7 Å². The molecule has 1 aromatic heterocycles. The highest BCUT2D eigenvalue weighted by Gasteiger charge is 2.18. The number of thiocarbonyl (C=S) groups is 1. The van der Waals surface area contributed by atoms with Crippen LogP contribution in [0.4, 0.5) is 5.69 Å². The van der Waals surface area contributed by atoms with Gasteiger partial charge in [0.05, 0.1) is 12.1 Å². The minimum Gasteiger partial charge on any atom is -0.454 e. The first-order chi connectivity index (χ1) is 16.5. The van der Waals surface area contributed by atoms with E-state index in [9.17, 15) is 4.79 Å². The third-order valence-electron chi connectivity index (χ3n) is 5.93. The van der Waals surface area contributed by atoms with Crippen LogP contribution in [-0.4, -0.2) is 21.8 Å². The second kappa shape index (κ2) is 9.19. The summed E-state index contributed by atoms with van der Waals surface area (Å²) in [6.07, 6.45) is 0. The zero-order valence-corrected chi connectivity index (χ0v) is 19.9. The third kappa shape index (κ3) is 4.61. The molecule has 0 bridgehead atoms. The van der Waals surface area contributed by atoms with E-state index in [1.165, 1.54) is 5.56 Å². The van der Waals surface area contributed by atoms with Gasteiger partial charge < -0.3 is 24.7 Å². The molecule has 3 aromatic carbocycles. The van der Waals surface area contributed by atoms with Gasteiger partial charge in [0.15, 0.2) is 16.6 Å². The number of para-hydroxylation sites is 1. The largest absolute Gasteiger partial charge is 0.454 e. The summed E-state index contributed by atoms with van der Waals surface area (Å²) in [6, 6.07) is 21.8. The molecule has 0 atom stereocenters. The Balaban J connectivity index is 1.46. The molecule has 5 rings (SSSR count). The fraction of sp³-hybridized carbons (Fsp3) is 0.185. The summed E-state index contributed by atoms with van der Waals surface area (Å²) in [5.74, 6) is 1.45. The zero-order valence-electron chi connectivity index (χ0n) is 19.1. The average Bonchev–Trinajstić information content (AvgIpc) is 3.29. The van der Waals surface area contributed by atoms with Gasteiger partial charge in [-0.1, -0.05) is 42.0 Å². The molecule has 7 heteroatoms. The number of hydrogen-bond donors (Lipinski definition) is 2. The number of nitrogens with zero attached hydrogens (tertiary/aromatic N) is 1. The van der Waals surface area contributed by atoms with Crippen molar-refractivity contribution in [2.45, 2.75) is 26.9 Å². The van der Waals surface area contributed by atoms with Crippen LogP contribution in [0, 0.1) is 13.8 Å². The highest BCUT2D eigenvalue weighted by molar-refractivity contribution is 7.80. The monoisotopic (exact) mass is 471 g/mol. The van der Waals surface area contributed by atoms with E-state index in [2.05, 4.69) is 10.3 Å². The van der Waals surface area contributed by atoms with Crippen LogP contribution in [0.2, 0.25) is 0 Å². The maximum Gasteiger partial charge on any atom is 0.253 e. The highest BCUT2D eigenvalue weighted by Crippen LogP contribution is 2.33. The maximum atomic E-state index is 13.0. The van der Waals surface area contributed by atoms with Crippen molar-refractivity contribution in [1.29, 1.82) is 0 Å². The van der Waals surface area contributed by atoms with Gasteiger partial charge >= 0.3 is 0 Å². The number of aromatic amines is 1. The van der Waals surface area contributed by atoms with Crippen molar-refractivity contribution in [2.24, 2.45) is 0 Å². The van der Waals surface area contributed by atoms with Crippen LogP contribution in [0.3, 0.4) is 0 Å². The summed E-state index contributed by atoms with van der Waals surface area (Å²) in [6.45, 7) is 5.11. The normalized spacial score (nSPS) is 12.1. The molecule has 34 heavy (non-hydrogen) atoms. The molecule has 2 heterocycles. The predicted molar refractivity (Wildman–Crippen MR) is 139 cm³/mol. The number of rotatable bonds is 5. The minimum absolute atomic E-state index is 0.115. The lowest BCUT2D eigenvalue weighted by Gasteiger charge is -2.26. The lowest BCUT2D eigenvalue weighted by Crippen LogP contribution is -2.35. The van der Waals surface area contributed by atoms with Crippen molar-refractivity contribution in [2.75, 3.05) is 12.1 Å². The third-order valence-corrected chi connectivity index (χ3v) is 6.29. The first kappa shape index (κ1) is 22.0. The van der Waals surface area contributed by atoms with Gasteiger partial charge in [-0.3, -0.25) is 4.79 Å². The quantitative estimate of drug-likeness (QED) is 0.387. The molecule has 0 aliphatic carbocycles. The Labute approximate surface area is 203 Å². The van der Waals surface area contributed by atoms with E-state index in [-0.39, 0.29) is 12.4 Å². The smallest absolute Gasteiger partial charge is 0.253 e. The first-order valence-corrected chi connectivity index (χ1v) is 11.5. The van der Waals surface area contributed by atoms with Gasteiger partial charge in [-0.25, -0.2) is 0 Å². The number of aromatic nitrogens is 1. The van der Waals surface area contributed by atoms with Crippen molar-refractivity contribution in [1.82, 2.24) is 9.88 Å². The predicted octanol–water partition coefficient (Wildman–Crippen LogP) is 5.27. The fourth-order valence-corrected chi connectivity index (χ4v) is 4.30. The zero-order chi connectivity index (χ0) is 23.7. The van der Waals surface area contributed by atoms with Crippen LogP contribution < -0.4 is 20.3 Å². The van der Waals surface area contributed by atoms with E-state index in [1.807, 2.05) is 85.5 Å². The fourth-order valence-electron chi connectivity index (χ4n) is 4.05. The number of hydrogen-bond acceptors (Lipinski definition) is 4. The summed E-state index contributed by atoms with van der Waals surface area (Å²) < 4.78 is 11.0. The topological polar surface area (TPSA) is 66.6 Å². The van der Waals surface area contributed by atoms with Crippen molar-refractivity contribution in [3.05, 3.63) is 99.3 Å².